The van der Waals surface area contributed by atoms with Gasteiger partial charge in [-0.3, -0.25) is 0 Å². The highest BCUT2D eigenvalue weighted by Gasteiger charge is 2.15. The molecule has 0 aliphatic rings. The van der Waals surface area contributed by atoms with Crippen molar-refractivity contribution in [3.05, 3.63) is 42.0 Å². The van der Waals surface area contributed by atoms with Crippen molar-refractivity contribution in [2.24, 2.45) is 5.41 Å². The fourth-order valence-corrected chi connectivity index (χ4v) is 1.96. The van der Waals surface area contributed by atoms with Gasteiger partial charge in [0.1, 0.15) is 18.1 Å². The summed E-state index contributed by atoms with van der Waals surface area (Å²) in [6.45, 7) is 8.75. The van der Waals surface area contributed by atoms with Crippen molar-refractivity contribution >= 4 is 5.97 Å². The molecule has 6 heteroatoms. The first-order valence-electron chi connectivity index (χ1n) is 7.72. The van der Waals surface area contributed by atoms with Crippen molar-refractivity contribution < 1.29 is 14.3 Å². The molecule has 0 fully saturated rings. The minimum absolute atomic E-state index is 0.00425. The molecule has 2 rings (SSSR count). The Hall–Kier alpha value is -2.81. The first kappa shape index (κ1) is 17.5. The summed E-state index contributed by atoms with van der Waals surface area (Å²) in [7, 11) is 0. The van der Waals surface area contributed by atoms with Crippen LogP contribution in [0.5, 0.6) is 5.75 Å². The first-order valence-corrected chi connectivity index (χ1v) is 7.72. The number of carbonyl (C=O) groups is 1. The molecule has 1 aromatic heterocycles. The van der Waals surface area contributed by atoms with Crippen LogP contribution in [-0.4, -0.2) is 28.7 Å². The van der Waals surface area contributed by atoms with Crippen molar-refractivity contribution in [3.63, 3.8) is 0 Å². The lowest BCUT2D eigenvalue weighted by Gasteiger charge is -2.19. The predicted molar refractivity (Wildman–Crippen MR) is 89.2 cm³/mol. The summed E-state index contributed by atoms with van der Waals surface area (Å²) < 4.78 is 12.3. The molecular formula is C18H21N3O3. The van der Waals surface area contributed by atoms with Gasteiger partial charge in [-0.2, -0.15) is 5.26 Å². The van der Waals surface area contributed by atoms with E-state index in [1.807, 2.05) is 6.07 Å². The maximum Gasteiger partial charge on any atom is 0.358 e. The molecule has 0 saturated carbocycles. The van der Waals surface area contributed by atoms with Gasteiger partial charge in [0.25, 0.3) is 0 Å². The molecule has 126 valence electrons. The van der Waals surface area contributed by atoms with Gasteiger partial charge in [0.05, 0.1) is 18.8 Å². The van der Waals surface area contributed by atoms with Crippen LogP contribution in [0.3, 0.4) is 0 Å². The lowest BCUT2D eigenvalue weighted by atomic mass is 9.98. The second-order valence-corrected chi connectivity index (χ2v) is 6.53. The number of nitrogens with zero attached hydrogens (tertiary/aromatic N) is 3. The number of nitriles is 1. The van der Waals surface area contributed by atoms with E-state index in [0.717, 1.165) is 5.69 Å². The molecular weight excluding hydrogens is 306 g/mol. The molecule has 2 aromatic rings. The largest absolute Gasteiger partial charge is 0.492 e. The zero-order chi connectivity index (χ0) is 17.7. The summed E-state index contributed by atoms with van der Waals surface area (Å²) in [6.07, 6.45) is 3.09. The molecule has 0 spiro atoms. The molecule has 24 heavy (non-hydrogen) atoms. The topological polar surface area (TPSA) is 77.1 Å². The lowest BCUT2D eigenvalue weighted by molar-refractivity contribution is 0.0520. The van der Waals surface area contributed by atoms with Crippen LogP contribution in [0.25, 0.3) is 5.69 Å². The number of aromatic nitrogens is 2. The molecule has 0 N–H and O–H groups in total. The van der Waals surface area contributed by atoms with Crippen LogP contribution in [0.1, 0.15) is 43.7 Å². The molecule has 0 amide bonds. The highest BCUT2D eigenvalue weighted by Crippen LogP contribution is 2.24. The summed E-state index contributed by atoms with van der Waals surface area (Å²) >= 11 is 0. The highest BCUT2D eigenvalue weighted by atomic mass is 16.5. The van der Waals surface area contributed by atoms with Gasteiger partial charge in [-0.25, -0.2) is 9.78 Å². The number of benzene rings is 1. The van der Waals surface area contributed by atoms with Gasteiger partial charge in [0, 0.05) is 11.9 Å². The third kappa shape index (κ3) is 4.35. The average Bonchev–Trinajstić information content (AvgIpc) is 3.02. The molecule has 0 radical (unpaired) electrons. The quantitative estimate of drug-likeness (QED) is 0.787. The van der Waals surface area contributed by atoms with E-state index < -0.39 is 5.97 Å². The minimum Gasteiger partial charge on any atom is -0.492 e. The fourth-order valence-electron chi connectivity index (χ4n) is 1.96. The van der Waals surface area contributed by atoms with E-state index in [2.05, 4.69) is 31.8 Å². The van der Waals surface area contributed by atoms with Crippen LogP contribution in [0.2, 0.25) is 0 Å². The number of hydrogen-bond acceptors (Lipinski definition) is 5. The minimum atomic E-state index is -0.470. The second kappa shape index (κ2) is 7.18. The molecule has 1 heterocycles. The molecule has 0 unspecified atom stereocenters. The Kier molecular flexibility index (Phi) is 5.24. The third-order valence-corrected chi connectivity index (χ3v) is 3.11. The first-order chi connectivity index (χ1) is 11.3. The molecule has 6 nitrogen and oxygen atoms in total. The molecule has 1 aromatic carbocycles. The zero-order valence-electron chi connectivity index (χ0n) is 14.4. The van der Waals surface area contributed by atoms with E-state index in [1.54, 1.807) is 29.8 Å². The van der Waals surface area contributed by atoms with E-state index in [4.69, 9.17) is 9.47 Å². The van der Waals surface area contributed by atoms with Crippen LogP contribution in [0.4, 0.5) is 0 Å². The maximum atomic E-state index is 11.7. The maximum absolute atomic E-state index is 11.7. The van der Waals surface area contributed by atoms with E-state index >= 15 is 0 Å². The van der Waals surface area contributed by atoms with Gasteiger partial charge < -0.3 is 14.0 Å². The van der Waals surface area contributed by atoms with Crippen molar-refractivity contribution in [2.45, 2.75) is 27.7 Å². The van der Waals surface area contributed by atoms with Gasteiger partial charge in [-0.15, -0.1) is 0 Å². The second-order valence-electron chi connectivity index (χ2n) is 6.53. The average molecular weight is 327 g/mol. The van der Waals surface area contributed by atoms with Crippen molar-refractivity contribution in [1.29, 1.82) is 5.26 Å². The lowest BCUT2D eigenvalue weighted by Crippen LogP contribution is -2.17. The third-order valence-electron chi connectivity index (χ3n) is 3.11. The summed E-state index contributed by atoms with van der Waals surface area (Å²) in [6, 6.07) is 7.41. The predicted octanol–water partition coefficient (Wildman–Crippen LogP) is 3.35. The van der Waals surface area contributed by atoms with E-state index in [9.17, 15) is 10.1 Å². The summed E-state index contributed by atoms with van der Waals surface area (Å²) in [5.41, 5.74) is 1.38. The molecule has 0 bridgehead atoms. The SMILES string of the molecule is CCOC(=O)c1cn(-c2ccc(OCC(C)(C)C)c(C#N)c2)cn1. The number of ether oxygens (including phenoxy) is 2. The number of rotatable bonds is 5. The summed E-state index contributed by atoms with van der Waals surface area (Å²) in [5.74, 6) is 0.0730. The number of hydrogen-bond donors (Lipinski definition) is 0. The molecule has 0 atom stereocenters. The van der Waals surface area contributed by atoms with Gasteiger partial charge >= 0.3 is 5.97 Å². The molecule has 0 saturated heterocycles. The zero-order valence-corrected chi connectivity index (χ0v) is 14.4. The van der Waals surface area contributed by atoms with Crippen LogP contribution < -0.4 is 4.74 Å². The Bertz CT molecular complexity index is 767. The van der Waals surface area contributed by atoms with Gasteiger partial charge in [-0.05, 0) is 30.5 Å². The smallest absolute Gasteiger partial charge is 0.358 e. The molecule has 0 aliphatic heterocycles. The van der Waals surface area contributed by atoms with Crippen LogP contribution in [-0.2, 0) is 4.74 Å². The van der Waals surface area contributed by atoms with E-state index in [-0.39, 0.29) is 11.1 Å². The number of carbonyl (C=O) groups excluding carboxylic acids is 1. The van der Waals surface area contributed by atoms with Gasteiger partial charge in [-0.1, -0.05) is 20.8 Å². The van der Waals surface area contributed by atoms with Crippen molar-refractivity contribution in [3.8, 4) is 17.5 Å². The standard InChI is InChI=1S/C18H21N3O3/c1-5-23-17(22)15-10-21(12-20-15)14-6-7-16(13(8-14)9-19)24-11-18(2,3)4/h6-8,10,12H,5,11H2,1-4H3. The highest BCUT2D eigenvalue weighted by molar-refractivity contribution is 5.87. The van der Waals surface area contributed by atoms with Gasteiger partial charge in [0.2, 0.25) is 0 Å². The Morgan fingerprint density at radius 1 is 1.38 bits per heavy atom. The summed E-state index contributed by atoms with van der Waals surface area (Å²) in [4.78, 5) is 15.7. The van der Waals surface area contributed by atoms with Crippen molar-refractivity contribution in [2.75, 3.05) is 13.2 Å². The normalized spacial score (nSPS) is 11.0. The Balaban J connectivity index is 2.24. The Morgan fingerprint density at radius 3 is 2.75 bits per heavy atom. The number of esters is 1. The van der Waals surface area contributed by atoms with Crippen LogP contribution in [0, 0.1) is 16.7 Å². The Morgan fingerprint density at radius 2 is 2.12 bits per heavy atom. The van der Waals surface area contributed by atoms with E-state index in [1.165, 1.54) is 6.33 Å². The van der Waals surface area contributed by atoms with E-state index in [0.29, 0.717) is 24.5 Å². The van der Waals surface area contributed by atoms with Gasteiger partial charge in [0.15, 0.2) is 5.69 Å². The van der Waals surface area contributed by atoms with Crippen LogP contribution in [0.15, 0.2) is 30.7 Å². The monoisotopic (exact) mass is 327 g/mol. The Labute approximate surface area is 141 Å². The van der Waals surface area contributed by atoms with Crippen LogP contribution >= 0.6 is 0 Å². The summed E-state index contributed by atoms with van der Waals surface area (Å²) in [5, 5.41) is 9.35. The molecule has 0 aliphatic carbocycles. The van der Waals surface area contributed by atoms with Crippen molar-refractivity contribution in [1.82, 2.24) is 9.55 Å². The fraction of sp³-hybridized carbons (Fsp3) is 0.389. The number of imidazole rings is 1.